The van der Waals surface area contributed by atoms with E-state index in [0.29, 0.717) is 30.0 Å². The standard InChI is InChI=1S/C50H55N4O8P/c1-36(2)53(37(3)4)63(61-32-10-31-51)62-48-33-45(52(34-48)49(55)40-19-15-38(16-20-40)13-14-39-17-25-44(26-18-39)54(56)57)35-60-50(41-11-8-7-9-12-41,42-21-27-46(58-5)28-22-42)43-23-29-47(59-6)30-24-43/h7-9,11-30,36-37,45,48H,10,32-35H2,1-6H3/b14-13+/t45-,48+,63?/m0/s1. The molecule has 1 amide bonds. The van der Waals surface area contributed by atoms with Crippen LogP contribution in [-0.2, 0) is 19.4 Å². The number of carbonyl (C=O) groups excluding carboxylic acids is 1. The molecule has 1 aliphatic rings. The fourth-order valence-electron chi connectivity index (χ4n) is 7.88. The van der Waals surface area contributed by atoms with Crippen molar-refractivity contribution < 1.29 is 33.0 Å². The number of benzene rings is 5. The van der Waals surface area contributed by atoms with Crippen molar-refractivity contribution in [2.24, 2.45) is 0 Å². The maximum Gasteiger partial charge on any atom is 0.269 e. The van der Waals surface area contributed by atoms with E-state index in [1.54, 1.807) is 26.4 Å². The molecule has 63 heavy (non-hydrogen) atoms. The van der Waals surface area contributed by atoms with E-state index in [1.165, 1.54) is 12.1 Å². The van der Waals surface area contributed by atoms with E-state index in [9.17, 15) is 20.2 Å². The van der Waals surface area contributed by atoms with Crippen LogP contribution in [0.15, 0.2) is 127 Å². The monoisotopic (exact) mass is 870 g/mol. The third-order valence-electron chi connectivity index (χ3n) is 10.9. The van der Waals surface area contributed by atoms with Crippen molar-refractivity contribution in [1.29, 1.82) is 5.26 Å². The van der Waals surface area contributed by atoms with Crippen LogP contribution in [0, 0.1) is 21.4 Å². The fourth-order valence-corrected chi connectivity index (χ4v) is 9.59. The zero-order valence-electron chi connectivity index (χ0n) is 36.6. The number of amides is 1. The number of nitriles is 1. The van der Waals surface area contributed by atoms with E-state index >= 15 is 0 Å². The van der Waals surface area contributed by atoms with Crippen molar-refractivity contribution in [3.63, 3.8) is 0 Å². The second-order valence-electron chi connectivity index (χ2n) is 15.7. The molecule has 3 atom stereocenters. The molecular formula is C50H55N4O8P. The molecule has 5 aromatic rings. The van der Waals surface area contributed by atoms with Crippen molar-refractivity contribution in [2.45, 2.75) is 70.4 Å². The van der Waals surface area contributed by atoms with Gasteiger partial charge < -0.3 is 28.2 Å². The number of hydrogen-bond acceptors (Lipinski definition) is 10. The minimum atomic E-state index is -1.58. The first-order chi connectivity index (χ1) is 30.5. The van der Waals surface area contributed by atoms with E-state index in [0.717, 1.165) is 27.8 Å². The minimum absolute atomic E-state index is 0.0285. The zero-order valence-corrected chi connectivity index (χ0v) is 37.5. The van der Waals surface area contributed by atoms with Crippen LogP contribution in [0.1, 0.15) is 78.7 Å². The number of non-ortho nitro benzene ring substituents is 1. The highest BCUT2D eigenvalue weighted by Crippen LogP contribution is 2.49. The molecule has 1 heterocycles. The molecule has 6 rings (SSSR count). The second-order valence-corrected chi connectivity index (χ2v) is 17.1. The summed E-state index contributed by atoms with van der Waals surface area (Å²) in [5, 5.41) is 20.4. The Hall–Kier alpha value is -5.93. The number of nitro benzene ring substituents is 1. The highest BCUT2D eigenvalue weighted by Gasteiger charge is 2.44. The van der Waals surface area contributed by atoms with Gasteiger partial charge in [0.2, 0.25) is 0 Å². The van der Waals surface area contributed by atoms with Crippen LogP contribution >= 0.6 is 8.53 Å². The summed E-state index contributed by atoms with van der Waals surface area (Å²) in [5.74, 6) is 1.25. The van der Waals surface area contributed by atoms with Crippen LogP contribution in [0.3, 0.4) is 0 Å². The Morgan fingerprint density at radius 1 is 0.825 bits per heavy atom. The number of carbonyl (C=O) groups is 1. The van der Waals surface area contributed by atoms with Crippen LogP contribution in [0.25, 0.3) is 12.2 Å². The summed E-state index contributed by atoms with van der Waals surface area (Å²) in [7, 11) is 1.69. The van der Waals surface area contributed by atoms with Crippen molar-refractivity contribution in [2.75, 3.05) is 34.0 Å². The first-order valence-electron chi connectivity index (χ1n) is 21.0. The molecule has 0 N–H and O–H groups in total. The molecule has 5 aromatic carbocycles. The number of hydrogen-bond donors (Lipinski definition) is 0. The van der Waals surface area contributed by atoms with Crippen LogP contribution in [0.2, 0.25) is 0 Å². The number of likely N-dealkylation sites (tertiary alicyclic amines) is 1. The summed E-state index contributed by atoms with van der Waals surface area (Å²) in [4.78, 5) is 27.3. The highest BCUT2D eigenvalue weighted by molar-refractivity contribution is 7.44. The summed E-state index contributed by atoms with van der Waals surface area (Å²) in [5.41, 5.74) is 3.76. The Labute approximate surface area is 371 Å². The number of nitrogens with zero attached hydrogens (tertiary/aromatic N) is 4. The normalized spacial score (nSPS) is 15.8. The smallest absolute Gasteiger partial charge is 0.269 e. The number of ether oxygens (including phenoxy) is 3. The summed E-state index contributed by atoms with van der Waals surface area (Å²) in [6, 6.07) is 41.4. The van der Waals surface area contributed by atoms with Gasteiger partial charge in [-0.25, -0.2) is 4.67 Å². The molecular weight excluding hydrogens is 816 g/mol. The molecule has 0 spiro atoms. The second kappa shape index (κ2) is 21.9. The lowest BCUT2D eigenvalue weighted by atomic mass is 9.80. The van der Waals surface area contributed by atoms with Gasteiger partial charge in [0.05, 0.1) is 57.0 Å². The number of nitro groups is 1. The topological polar surface area (TPSA) is 137 Å². The van der Waals surface area contributed by atoms with Gasteiger partial charge in [0, 0.05) is 36.3 Å². The third kappa shape index (κ3) is 11.4. The Bertz CT molecular complexity index is 2260. The van der Waals surface area contributed by atoms with E-state index in [1.807, 2.05) is 120 Å². The van der Waals surface area contributed by atoms with Gasteiger partial charge in [-0.05, 0) is 110 Å². The quantitative estimate of drug-likeness (QED) is 0.0186. The molecule has 1 saturated heterocycles. The molecule has 0 bridgehead atoms. The maximum absolute atomic E-state index is 14.7. The molecule has 0 saturated carbocycles. The molecule has 1 aliphatic heterocycles. The van der Waals surface area contributed by atoms with Gasteiger partial charge in [0.15, 0.2) is 0 Å². The van der Waals surface area contributed by atoms with Gasteiger partial charge in [-0.1, -0.05) is 78.9 Å². The molecule has 0 aromatic heterocycles. The SMILES string of the molecule is COc1ccc(C(OC[C@@H]2C[C@@H](OP(OCCC#N)N(C(C)C)C(C)C)CN2C(=O)c2ccc(/C=C/c3ccc([N+](=O)[O-])cc3)cc2)(c2ccccc2)c2ccc(OC)cc2)cc1. The van der Waals surface area contributed by atoms with Crippen LogP contribution < -0.4 is 9.47 Å². The molecule has 0 aliphatic carbocycles. The Morgan fingerprint density at radius 2 is 1.35 bits per heavy atom. The van der Waals surface area contributed by atoms with Crippen LogP contribution in [-0.4, -0.2) is 78.6 Å². The predicted octanol–water partition coefficient (Wildman–Crippen LogP) is 10.7. The molecule has 328 valence electrons. The van der Waals surface area contributed by atoms with Crippen LogP contribution in [0.5, 0.6) is 11.5 Å². The van der Waals surface area contributed by atoms with Crippen molar-refractivity contribution in [1.82, 2.24) is 9.57 Å². The molecule has 12 nitrogen and oxygen atoms in total. The third-order valence-corrected chi connectivity index (χ3v) is 13.1. The first-order valence-corrected chi connectivity index (χ1v) is 22.2. The molecule has 13 heteroatoms. The lowest BCUT2D eigenvalue weighted by molar-refractivity contribution is -0.384. The largest absolute Gasteiger partial charge is 0.497 e. The van der Waals surface area contributed by atoms with E-state index in [-0.39, 0.29) is 43.3 Å². The average molecular weight is 871 g/mol. The minimum Gasteiger partial charge on any atom is -0.497 e. The summed E-state index contributed by atoms with van der Waals surface area (Å²) >= 11 is 0. The van der Waals surface area contributed by atoms with Gasteiger partial charge in [-0.15, -0.1) is 0 Å². The van der Waals surface area contributed by atoms with Crippen molar-refractivity contribution >= 4 is 32.3 Å². The lowest BCUT2D eigenvalue weighted by Gasteiger charge is -2.38. The Morgan fingerprint density at radius 3 is 1.84 bits per heavy atom. The molecule has 0 radical (unpaired) electrons. The number of methoxy groups -OCH3 is 2. The Kier molecular flexibility index (Phi) is 16.2. The van der Waals surface area contributed by atoms with Crippen molar-refractivity contribution in [3.05, 3.63) is 171 Å². The lowest BCUT2D eigenvalue weighted by Crippen LogP contribution is -2.42. The van der Waals surface area contributed by atoms with E-state index in [2.05, 4.69) is 38.4 Å². The van der Waals surface area contributed by atoms with Gasteiger partial charge in [0.1, 0.15) is 17.1 Å². The van der Waals surface area contributed by atoms with E-state index in [4.69, 9.17) is 23.3 Å². The summed E-state index contributed by atoms with van der Waals surface area (Å²) in [6.45, 7) is 9.07. The maximum atomic E-state index is 14.7. The zero-order chi connectivity index (χ0) is 44.9. The number of rotatable bonds is 20. The van der Waals surface area contributed by atoms with Gasteiger partial charge >= 0.3 is 0 Å². The fraction of sp³-hybridized carbons (Fsp3) is 0.320. The van der Waals surface area contributed by atoms with E-state index < -0.39 is 31.2 Å². The Balaban J connectivity index is 1.36. The average Bonchev–Trinajstić information content (AvgIpc) is 3.71. The first kappa shape index (κ1) is 46.6. The van der Waals surface area contributed by atoms with Gasteiger partial charge in [-0.3, -0.25) is 14.9 Å². The molecule has 1 unspecified atom stereocenters. The summed E-state index contributed by atoms with van der Waals surface area (Å²) in [6.07, 6.45) is 4.08. The van der Waals surface area contributed by atoms with Gasteiger partial charge in [0.25, 0.3) is 20.1 Å². The molecule has 1 fully saturated rings. The highest BCUT2D eigenvalue weighted by atomic mass is 31.2. The van der Waals surface area contributed by atoms with Crippen LogP contribution in [0.4, 0.5) is 5.69 Å². The summed E-state index contributed by atoms with van der Waals surface area (Å²) < 4.78 is 33.8. The predicted molar refractivity (Wildman–Crippen MR) is 246 cm³/mol. The van der Waals surface area contributed by atoms with Crippen molar-refractivity contribution in [3.8, 4) is 17.6 Å². The van der Waals surface area contributed by atoms with Gasteiger partial charge in [-0.2, -0.15) is 5.26 Å².